The SMILES string of the molecule is O=C(O)CC1(Nc2cc(F)cc([N+](=O)[O-])c2)CCCCC1. The molecule has 0 aliphatic heterocycles. The van der Waals surface area contributed by atoms with Crippen LogP contribution in [-0.2, 0) is 4.79 Å². The second kappa shape index (κ2) is 6.07. The Morgan fingerprint density at radius 3 is 2.57 bits per heavy atom. The third-order valence-corrected chi connectivity index (χ3v) is 3.80. The van der Waals surface area contributed by atoms with Crippen molar-refractivity contribution in [3.63, 3.8) is 0 Å². The predicted molar refractivity (Wildman–Crippen MR) is 74.7 cm³/mol. The van der Waals surface area contributed by atoms with Crippen LogP contribution < -0.4 is 5.32 Å². The van der Waals surface area contributed by atoms with Gasteiger partial charge in [0.05, 0.1) is 17.4 Å². The molecular formula is C14H17FN2O4. The molecule has 0 bridgehead atoms. The molecule has 0 atom stereocenters. The maximum absolute atomic E-state index is 13.5. The topological polar surface area (TPSA) is 92.5 Å². The summed E-state index contributed by atoms with van der Waals surface area (Å²) in [6.07, 6.45) is 4.03. The molecule has 2 N–H and O–H groups in total. The first-order valence-corrected chi connectivity index (χ1v) is 6.85. The Kier molecular flexibility index (Phi) is 4.40. The average molecular weight is 296 g/mol. The Morgan fingerprint density at radius 1 is 1.33 bits per heavy atom. The van der Waals surface area contributed by atoms with Crippen LogP contribution in [0.25, 0.3) is 0 Å². The highest BCUT2D eigenvalue weighted by Crippen LogP contribution is 2.35. The van der Waals surface area contributed by atoms with E-state index in [9.17, 15) is 19.3 Å². The van der Waals surface area contributed by atoms with E-state index in [-0.39, 0.29) is 17.8 Å². The van der Waals surface area contributed by atoms with E-state index in [4.69, 9.17) is 5.11 Å². The summed E-state index contributed by atoms with van der Waals surface area (Å²) in [5.74, 6) is -1.65. The highest BCUT2D eigenvalue weighted by molar-refractivity contribution is 5.70. The monoisotopic (exact) mass is 296 g/mol. The minimum absolute atomic E-state index is 0.0860. The first-order valence-electron chi connectivity index (χ1n) is 6.85. The van der Waals surface area contributed by atoms with Crippen molar-refractivity contribution in [3.05, 3.63) is 34.1 Å². The third kappa shape index (κ3) is 3.90. The number of carbonyl (C=O) groups is 1. The lowest BCUT2D eigenvalue weighted by molar-refractivity contribution is -0.385. The van der Waals surface area contributed by atoms with Crippen molar-refractivity contribution in [1.29, 1.82) is 0 Å². The number of nitro benzene ring substituents is 1. The van der Waals surface area contributed by atoms with E-state index in [0.29, 0.717) is 12.8 Å². The number of rotatable bonds is 5. The zero-order valence-electron chi connectivity index (χ0n) is 11.5. The van der Waals surface area contributed by atoms with Crippen molar-refractivity contribution in [3.8, 4) is 0 Å². The van der Waals surface area contributed by atoms with Gasteiger partial charge in [0, 0.05) is 17.3 Å². The van der Waals surface area contributed by atoms with Crippen LogP contribution in [0.4, 0.5) is 15.8 Å². The summed E-state index contributed by atoms with van der Waals surface area (Å²) in [6, 6.07) is 3.24. The Morgan fingerprint density at radius 2 is 2.00 bits per heavy atom. The van der Waals surface area contributed by atoms with Crippen LogP contribution in [0.5, 0.6) is 0 Å². The van der Waals surface area contributed by atoms with E-state index in [2.05, 4.69) is 5.32 Å². The van der Waals surface area contributed by atoms with Gasteiger partial charge in [0.15, 0.2) is 0 Å². The second-order valence-electron chi connectivity index (χ2n) is 5.49. The van der Waals surface area contributed by atoms with Crippen molar-refractivity contribution in [1.82, 2.24) is 0 Å². The molecule has 0 saturated heterocycles. The summed E-state index contributed by atoms with van der Waals surface area (Å²) in [7, 11) is 0. The number of halogens is 1. The first-order chi connectivity index (χ1) is 9.90. The van der Waals surface area contributed by atoms with Gasteiger partial charge in [-0.1, -0.05) is 19.3 Å². The number of hydrogen-bond donors (Lipinski definition) is 2. The first kappa shape index (κ1) is 15.2. The van der Waals surface area contributed by atoms with E-state index < -0.39 is 22.2 Å². The zero-order chi connectivity index (χ0) is 15.5. The number of carboxylic acid groups (broad SMARTS) is 1. The van der Waals surface area contributed by atoms with Crippen LogP contribution >= 0.6 is 0 Å². The number of benzene rings is 1. The van der Waals surface area contributed by atoms with Crippen LogP contribution in [0.1, 0.15) is 38.5 Å². The molecule has 21 heavy (non-hydrogen) atoms. The standard InChI is InChI=1S/C14H17FN2O4/c15-10-6-11(8-12(7-10)17(20)21)16-14(9-13(18)19)4-2-1-3-5-14/h6-8,16H,1-5,9H2,(H,18,19). The lowest BCUT2D eigenvalue weighted by Crippen LogP contribution is -2.42. The van der Waals surface area contributed by atoms with Gasteiger partial charge in [0.1, 0.15) is 5.82 Å². The van der Waals surface area contributed by atoms with Gasteiger partial charge in [0.25, 0.3) is 5.69 Å². The van der Waals surface area contributed by atoms with Gasteiger partial charge in [-0.05, 0) is 18.9 Å². The fourth-order valence-electron chi connectivity index (χ4n) is 2.92. The second-order valence-corrected chi connectivity index (χ2v) is 5.49. The number of aliphatic carboxylic acids is 1. The zero-order valence-corrected chi connectivity index (χ0v) is 11.5. The fourth-order valence-corrected chi connectivity index (χ4v) is 2.92. The molecule has 114 valence electrons. The van der Waals surface area contributed by atoms with Crippen molar-refractivity contribution >= 4 is 17.3 Å². The van der Waals surface area contributed by atoms with E-state index in [1.807, 2.05) is 0 Å². The molecule has 0 heterocycles. The lowest BCUT2D eigenvalue weighted by Gasteiger charge is -2.38. The summed E-state index contributed by atoms with van der Waals surface area (Å²) in [5, 5.41) is 22.9. The smallest absolute Gasteiger partial charge is 0.305 e. The van der Waals surface area contributed by atoms with E-state index in [0.717, 1.165) is 31.4 Å². The van der Waals surface area contributed by atoms with Crippen molar-refractivity contribution in [2.45, 2.75) is 44.1 Å². The summed E-state index contributed by atoms with van der Waals surface area (Å²) in [4.78, 5) is 21.2. The van der Waals surface area contributed by atoms with Crippen LogP contribution in [0.15, 0.2) is 18.2 Å². The minimum atomic E-state index is -0.935. The highest BCUT2D eigenvalue weighted by atomic mass is 19.1. The molecule has 7 heteroatoms. The Bertz CT molecular complexity index is 556. The maximum atomic E-state index is 13.5. The molecule has 0 spiro atoms. The molecule has 1 aliphatic carbocycles. The number of nitro groups is 1. The quantitative estimate of drug-likeness (QED) is 0.642. The van der Waals surface area contributed by atoms with E-state index >= 15 is 0 Å². The number of nitrogens with zero attached hydrogens (tertiary/aromatic N) is 1. The average Bonchev–Trinajstić information content (AvgIpc) is 2.37. The van der Waals surface area contributed by atoms with Crippen LogP contribution in [0.3, 0.4) is 0 Å². The predicted octanol–water partition coefficient (Wildman–Crippen LogP) is 3.32. The summed E-state index contributed by atoms with van der Waals surface area (Å²) < 4.78 is 13.5. The van der Waals surface area contributed by atoms with Crippen LogP contribution in [0.2, 0.25) is 0 Å². The summed E-state index contributed by atoms with van der Waals surface area (Å²) in [6.45, 7) is 0. The molecule has 0 amide bonds. The molecule has 1 aliphatic rings. The van der Waals surface area contributed by atoms with Crippen molar-refractivity contribution in [2.24, 2.45) is 0 Å². The van der Waals surface area contributed by atoms with Gasteiger partial charge < -0.3 is 10.4 Å². The summed E-state index contributed by atoms with van der Waals surface area (Å²) in [5.41, 5.74) is -0.755. The molecule has 1 aromatic carbocycles. The number of carboxylic acids is 1. The molecule has 0 aromatic heterocycles. The minimum Gasteiger partial charge on any atom is -0.481 e. The largest absolute Gasteiger partial charge is 0.481 e. The Hall–Kier alpha value is -2.18. The molecule has 0 radical (unpaired) electrons. The normalized spacial score (nSPS) is 17.2. The highest BCUT2D eigenvalue weighted by Gasteiger charge is 2.34. The molecule has 1 saturated carbocycles. The molecular weight excluding hydrogens is 279 g/mol. The van der Waals surface area contributed by atoms with Gasteiger partial charge in [0.2, 0.25) is 0 Å². The van der Waals surface area contributed by atoms with Gasteiger partial charge in [-0.2, -0.15) is 0 Å². The van der Waals surface area contributed by atoms with Gasteiger partial charge in [-0.25, -0.2) is 4.39 Å². The van der Waals surface area contributed by atoms with Crippen LogP contribution in [-0.4, -0.2) is 21.5 Å². The Labute approximate surface area is 121 Å². The van der Waals surface area contributed by atoms with Crippen LogP contribution in [0, 0.1) is 15.9 Å². The van der Waals surface area contributed by atoms with Gasteiger partial charge in [-0.15, -0.1) is 0 Å². The Balaban J connectivity index is 2.27. The molecule has 1 fully saturated rings. The van der Waals surface area contributed by atoms with Gasteiger partial charge in [-0.3, -0.25) is 14.9 Å². The lowest BCUT2D eigenvalue weighted by atomic mass is 9.79. The van der Waals surface area contributed by atoms with Gasteiger partial charge >= 0.3 is 5.97 Å². The number of non-ortho nitro benzene ring substituents is 1. The van der Waals surface area contributed by atoms with E-state index in [1.54, 1.807) is 0 Å². The molecule has 1 aromatic rings. The number of hydrogen-bond acceptors (Lipinski definition) is 4. The molecule has 6 nitrogen and oxygen atoms in total. The third-order valence-electron chi connectivity index (χ3n) is 3.80. The fraction of sp³-hybridized carbons (Fsp3) is 0.500. The van der Waals surface area contributed by atoms with Crippen molar-refractivity contribution < 1.29 is 19.2 Å². The summed E-state index contributed by atoms with van der Waals surface area (Å²) >= 11 is 0. The van der Waals surface area contributed by atoms with E-state index in [1.165, 1.54) is 6.07 Å². The molecule has 2 rings (SSSR count). The number of anilines is 1. The van der Waals surface area contributed by atoms with Crippen molar-refractivity contribution in [2.75, 3.05) is 5.32 Å². The number of nitrogens with one attached hydrogen (secondary N) is 1. The molecule has 0 unspecified atom stereocenters. The maximum Gasteiger partial charge on any atom is 0.305 e.